The maximum absolute atomic E-state index is 13.7. The van der Waals surface area contributed by atoms with Gasteiger partial charge in [0.05, 0.1) is 17.3 Å². The van der Waals surface area contributed by atoms with Crippen molar-refractivity contribution in [3.63, 3.8) is 0 Å². The molecule has 1 aliphatic carbocycles. The number of rotatable bonds is 1. The largest absolute Gasteiger partial charge is 0.355 e. The number of allylic oxidation sites excluding steroid dienone is 3. The van der Waals surface area contributed by atoms with Crippen molar-refractivity contribution in [1.82, 2.24) is 0 Å². The van der Waals surface area contributed by atoms with E-state index in [1.807, 2.05) is 0 Å². The summed E-state index contributed by atoms with van der Waals surface area (Å²) in [5.74, 6) is -3.00. The number of anilines is 1. The Morgan fingerprint density at radius 3 is 2.75 bits per heavy atom. The van der Waals surface area contributed by atoms with Gasteiger partial charge in [0.15, 0.2) is 0 Å². The van der Waals surface area contributed by atoms with Crippen molar-refractivity contribution in [1.29, 1.82) is 0 Å². The van der Waals surface area contributed by atoms with E-state index in [4.69, 9.17) is 0 Å². The molecule has 1 aromatic carbocycles. The highest BCUT2D eigenvalue weighted by Gasteiger charge is 2.37. The number of imide groups is 1. The third-order valence-corrected chi connectivity index (χ3v) is 3.05. The van der Waals surface area contributed by atoms with Gasteiger partial charge in [-0.05, 0) is 18.2 Å². The monoisotopic (exact) mass is 274 g/mol. The van der Waals surface area contributed by atoms with E-state index in [0.29, 0.717) is 10.6 Å². The number of benzene rings is 1. The molecular formula is C14H8F2N2O2. The molecule has 0 bridgehead atoms. The van der Waals surface area contributed by atoms with Gasteiger partial charge >= 0.3 is 6.03 Å². The fourth-order valence-corrected chi connectivity index (χ4v) is 2.12. The van der Waals surface area contributed by atoms with Crippen molar-refractivity contribution in [2.75, 3.05) is 4.90 Å². The second kappa shape index (κ2) is 4.48. The first kappa shape index (κ1) is 12.4. The third kappa shape index (κ3) is 1.85. The Kier molecular flexibility index (Phi) is 2.78. The quantitative estimate of drug-likeness (QED) is 0.790. The molecular weight excluding hydrogens is 266 g/mol. The first-order chi connectivity index (χ1) is 9.58. The summed E-state index contributed by atoms with van der Waals surface area (Å²) >= 11 is 0. The van der Waals surface area contributed by atoms with Crippen LogP contribution in [0, 0.1) is 17.6 Å². The minimum absolute atomic E-state index is 0.301. The van der Waals surface area contributed by atoms with Crippen LogP contribution in [0.5, 0.6) is 0 Å². The molecule has 100 valence electrons. The van der Waals surface area contributed by atoms with Crippen LogP contribution in [-0.2, 0) is 4.79 Å². The summed E-state index contributed by atoms with van der Waals surface area (Å²) in [5, 5.41) is 0. The third-order valence-electron chi connectivity index (χ3n) is 3.05. The van der Waals surface area contributed by atoms with Crippen LogP contribution in [0.15, 0.2) is 47.5 Å². The molecule has 0 saturated carbocycles. The number of hydrogen-bond donors (Lipinski definition) is 0. The molecule has 3 amide bonds. The summed E-state index contributed by atoms with van der Waals surface area (Å²) in [6.07, 6.45) is 6.38. The van der Waals surface area contributed by atoms with E-state index in [1.54, 1.807) is 24.3 Å². The number of halogens is 2. The highest BCUT2D eigenvalue weighted by Crippen LogP contribution is 2.27. The number of carbonyl (C=O) groups excluding carboxylic acids is 2. The highest BCUT2D eigenvalue weighted by atomic mass is 19.1. The molecule has 1 heterocycles. The molecule has 1 aliphatic heterocycles. The Labute approximate surface area is 112 Å². The zero-order chi connectivity index (χ0) is 14.3. The number of nitrogens with zero attached hydrogens (tertiary/aromatic N) is 2. The predicted octanol–water partition coefficient (Wildman–Crippen LogP) is 2.61. The summed E-state index contributed by atoms with van der Waals surface area (Å²) in [5.41, 5.74) is -0.124. The lowest BCUT2D eigenvalue weighted by Gasteiger charge is -2.28. The lowest BCUT2D eigenvalue weighted by molar-refractivity contribution is -0.118. The van der Waals surface area contributed by atoms with Crippen LogP contribution in [0.2, 0.25) is 0 Å². The average Bonchev–Trinajstić information content (AvgIpc) is 2.42. The summed E-state index contributed by atoms with van der Waals surface area (Å²) in [6, 6.07) is 1.65. The van der Waals surface area contributed by atoms with Gasteiger partial charge in [-0.15, -0.1) is 0 Å². The van der Waals surface area contributed by atoms with E-state index in [9.17, 15) is 18.4 Å². The molecule has 0 radical (unpaired) electrons. The molecule has 2 aliphatic rings. The molecule has 0 saturated heterocycles. The lowest BCUT2D eigenvalue weighted by Crippen LogP contribution is -2.46. The van der Waals surface area contributed by atoms with E-state index >= 15 is 0 Å². The fourth-order valence-electron chi connectivity index (χ4n) is 2.12. The Morgan fingerprint density at radius 2 is 1.95 bits per heavy atom. The molecule has 6 heteroatoms. The van der Waals surface area contributed by atoms with Gasteiger partial charge in [-0.1, -0.05) is 18.2 Å². The normalized spacial score (nSPS) is 21.0. The van der Waals surface area contributed by atoms with Crippen molar-refractivity contribution in [3.05, 3.63) is 54.1 Å². The van der Waals surface area contributed by atoms with E-state index in [1.165, 1.54) is 0 Å². The van der Waals surface area contributed by atoms with E-state index in [-0.39, 0.29) is 0 Å². The Bertz CT molecular complexity index is 707. The van der Waals surface area contributed by atoms with Crippen molar-refractivity contribution in [2.45, 2.75) is 0 Å². The van der Waals surface area contributed by atoms with Crippen LogP contribution < -0.4 is 4.90 Å². The minimum atomic E-state index is -0.925. The smallest absolute Gasteiger partial charge is 0.273 e. The highest BCUT2D eigenvalue weighted by molar-refractivity contribution is 6.30. The average molecular weight is 274 g/mol. The molecule has 0 N–H and O–H groups in total. The van der Waals surface area contributed by atoms with Crippen LogP contribution >= 0.6 is 0 Å². The van der Waals surface area contributed by atoms with E-state index in [2.05, 4.69) is 4.99 Å². The number of carbonyl (C=O) groups is 2. The predicted molar refractivity (Wildman–Crippen MR) is 68.4 cm³/mol. The number of fused-ring (bicyclic) bond motifs is 1. The van der Waals surface area contributed by atoms with Gasteiger partial charge in [-0.25, -0.2) is 18.5 Å². The first-order valence-corrected chi connectivity index (χ1v) is 5.84. The Hall–Kier alpha value is -2.63. The molecule has 1 aromatic rings. The van der Waals surface area contributed by atoms with E-state index in [0.717, 1.165) is 18.2 Å². The molecule has 0 fully saturated rings. The Balaban J connectivity index is 2.11. The van der Waals surface area contributed by atoms with Crippen LogP contribution in [0.1, 0.15) is 0 Å². The van der Waals surface area contributed by atoms with Gasteiger partial charge in [0, 0.05) is 6.07 Å². The molecule has 1 atom stereocenters. The van der Waals surface area contributed by atoms with Crippen molar-refractivity contribution in [2.24, 2.45) is 10.9 Å². The van der Waals surface area contributed by atoms with Gasteiger partial charge in [0.2, 0.25) is 5.91 Å². The van der Waals surface area contributed by atoms with Crippen LogP contribution in [0.4, 0.5) is 19.3 Å². The number of hydrogen-bond acceptors (Lipinski definition) is 2. The molecule has 20 heavy (non-hydrogen) atoms. The fraction of sp³-hybridized carbons (Fsp3) is 0.0714. The van der Waals surface area contributed by atoms with Crippen molar-refractivity contribution >= 4 is 23.3 Å². The maximum atomic E-state index is 13.7. The molecule has 3 rings (SSSR count). The van der Waals surface area contributed by atoms with Crippen LogP contribution in [0.25, 0.3) is 0 Å². The van der Waals surface area contributed by atoms with E-state index < -0.39 is 35.2 Å². The summed E-state index contributed by atoms with van der Waals surface area (Å²) in [6.45, 7) is 0. The minimum Gasteiger partial charge on any atom is -0.273 e. The first-order valence-electron chi connectivity index (χ1n) is 5.84. The van der Waals surface area contributed by atoms with Gasteiger partial charge in [-0.2, -0.15) is 4.99 Å². The SMILES string of the molecule is O=C1N=C2C=CC=CC2C(=O)N1c1cc(F)ccc1F. The summed E-state index contributed by atoms with van der Waals surface area (Å²) in [7, 11) is 0. The second-order valence-corrected chi connectivity index (χ2v) is 4.31. The van der Waals surface area contributed by atoms with Crippen LogP contribution in [-0.4, -0.2) is 17.6 Å². The zero-order valence-corrected chi connectivity index (χ0v) is 10.1. The number of amides is 3. The summed E-state index contributed by atoms with van der Waals surface area (Å²) in [4.78, 5) is 28.5. The van der Waals surface area contributed by atoms with Crippen molar-refractivity contribution in [3.8, 4) is 0 Å². The van der Waals surface area contributed by atoms with Crippen molar-refractivity contribution < 1.29 is 18.4 Å². The molecule has 1 unspecified atom stereocenters. The molecule has 0 aromatic heterocycles. The van der Waals surface area contributed by atoms with Gasteiger partial charge in [-0.3, -0.25) is 4.79 Å². The standard InChI is InChI=1S/C14H8F2N2O2/c15-8-5-6-10(16)12(7-8)18-13(19)9-3-1-2-4-11(9)17-14(18)20/h1-7,9H. The molecule has 0 spiro atoms. The number of urea groups is 1. The van der Waals surface area contributed by atoms with Gasteiger partial charge < -0.3 is 0 Å². The maximum Gasteiger partial charge on any atom is 0.355 e. The van der Waals surface area contributed by atoms with Gasteiger partial charge in [0.25, 0.3) is 0 Å². The topological polar surface area (TPSA) is 49.7 Å². The van der Waals surface area contributed by atoms with Crippen LogP contribution in [0.3, 0.4) is 0 Å². The second-order valence-electron chi connectivity index (χ2n) is 4.31. The van der Waals surface area contributed by atoms with Gasteiger partial charge in [0.1, 0.15) is 11.6 Å². The molecule has 4 nitrogen and oxygen atoms in total. The number of aliphatic imine (C=N–C) groups is 1. The zero-order valence-electron chi connectivity index (χ0n) is 10.1. The Morgan fingerprint density at radius 1 is 1.15 bits per heavy atom. The summed E-state index contributed by atoms with van der Waals surface area (Å²) < 4.78 is 26.9. The lowest BCUT2D eigenvalue weighted by atomic mass is 9.95.